The van der Waals surface area contributed by atoms with Crippen LogP contribution in [-0.2, 0) is 22.3 Å². The minimum atomic E-state index is -0.591. The predicted molar refractivity (Wildman–Crippen MR) is 186 cm³/mol. The molecule has 0 saturated carbocycles. The molecule has 2 unspecified atom stereocenters. The summed E-state index contributed by atoms with van der Waals surface area (Å²) in [6, 6.07) is 16.3. The number of fused-ring (bicyclic) bond motifs is 2. The van der Waals surface area contributed by atoms with Crippen LogP contribution in [-0.4, -0.2) is 46.3 Å². The van der Waals surface area contributed by atoms with E-state index >= 15 is 0 Å². The zero-order chi connectivity index (χ0) is 34.1. The zero-order valence-electron chi connectivity index (χ0n) is 27.3. The van der Waals surface area contributed by atoms with Gasteiger partial charge in [-0.1, -0.05) is 36.4 Å². The Morgan fingerprint density at radius 3 is 1.68 bits per heavy atom. The highest BCUT2D eigenvalue weighted by Gasteiger charge is 2.38. The lowest BCUT2D eigenvalue weighted by atomic mass is 9.93. The number of halogens is 3. The number of carbonyl (C=O) groups is 2. The molecule has 4 heterocycles. The molecule has 6 rings (SSSR count). The normalized spacial score (nSPS) is 17.6. The van der Waals surface area contributed by atoms with E-state index in [4.69, 9.17) is 9.47 Å². The number of rotatable bonds is 2. The Bertz CT molecular complexity index is 1740. The maximum absolute atomic E-state index is 14.5. The van der Waals surface area contributed by atoms with Gasteiger partial charge in [-0.2, -0.15) is 0 Å². The number of carbonyl (C=O) groups excluding carboxylic acids is 2. The Hall–Kier alpha value is -3.28. The van der Waals surface area contributed by atoms with Crippen LogP contribution >= 0.6 is 38.6 Å². The largest absolute Gasteiger partial charge is 0.444 e. The van der Waals surface area contributed by atoms with Crippen molar-refractivity contribution >= 4 is 50.8 Å². The molecule has 0 bridgehead atoms. The van der Waals surface area contributed by atoms with Gasteiger partial charge in [-0.05, 0) is 111 Å². The molecular weight excluding hydrogens is 706 g/mol. The SMILES string of the molecule is CC(C)(C)OC(=O)N1CCc2sc(Br)cc2C1c1ccccc1F.CC(C)(C)OC(=O)N1CCc2sccc2C1c1ccccc1F. The van der Waals surface area contributed by atoms with Gasteiger partial charge in [0.2, 0.25) is 0 Å². The Morgan fingerprint density at radius 2 is 1.19 bits per heavy atom. The lowest BCUT2D eigenvalue weighted by Gasteiger charge is -2.37. The van der Waals surface area contributed by atoms with E-state index < -0.39 is 35.5 Å². The molecule has 0 radical (unpaired) electrons. The van der Waals surface area contributed by atoms with E-state index in [2.05, 4.69) is 15.9 Å². The van der Waals surface area contributed by atoms with Gasteiger partial charge in [0.25, 0.3) is 0 Å². The fourth-order valence-corrected chi connectivity index (χ4v) is 8.41. The van der Waals surface area contributed by atoms with Gasteiger partial charge in [0.1, 0.15) is 22.8 Å². The monoisotopic (exact) mass is 744 g/mol. The van der Waals surface area contributed by atoms with Crippen LogP contribution in [0.25, 0.3) is 0 Å². The van der Waals surface area contributed by atoms with Crippen LogP contribution in [0.1, 0.15) is 85.6 Å². The second-order valence-electron chi connectivity index (χ2n) is 13.4. The van der Waals surface area contributed by atoms with Crippen molar-refractivity contribution in [3.8, 4) is 0 Å². The summed E-state index contributed by atoms with van der Waals surface area (Å²) >= 11 is 6.80. The molecule has 250 valence electrons. The standard InChI is InChI=1S/C18H19BrFNO2S.C18H20FNO2S/c1-18(2,3)23-17(22)21-9-8-14-12(10-15(19)24-14)16(21)11-6-4-5-7-13(11)20;1-18(2,3)22-17(21)20-10-8-15-13(9-11-23-15)16(20)12-6-4-5-7-14(12)19/h4-7,10,16H,8-9H2,1-3H3;4-7,9,11,16H,8,10H2,1-3H3. The van der Waals surface area contributed by atoms with Crippen LogP contribution in [0.3, 0.4) is 0 Å². The summed E-state index contributed by atoms with van der Waals surface area (Å²) < 4.78 is 40.9. The molecule has 2 amide bonds. The topological polar surface area (TPSA) is 59.1 Å². The van der Waals surface area contributed by atoms with E-state index in [9.17, 15) is 18.4 Å². The quantitative estimate of drug-likeness (QED) is 0.205. The first kappa shape index (κ1) is 35.0. The molecule has 2 aromatic heterocycles. The van der Waals surface area contributed by atoms with E-state index in [1.807, 2.05) is 59.1 Å². The Kier molecular flexibility index (Phi) is 10.5. The zero-order valence-corrected chi connectivity index (χ0v) is 30.5. The van der Waals surface area contributed by atoms with Gasteiger partial charge < -0.3 is 9.47 Å². The third kappa shape index (κ3) is 8.24. The van der Waals surface area contributed by atoms with Crippen molar-refractivity contribution in [1.29, 1.82) is 0 Å². The highest BCUT2D eigenvalue weighted by molar-refractivity contribution is 9.11. The van der Waals surface area contributed by atoms with Crippen molar-refractivity contribution in [3.05, 3.63) is 113 Å². The average Bonchev–Trinajstić information content (AvgIpc) is 3.61. The fourth-order valence-electron chi connectivity index (χ4n) is 5.77. The number of thiophene rings is 2. The first-order valence-electron chi connectivity index (χ1n) is 15.5. The molecule has 4 aromatic rings. The molecule has 0 saturated heterocycles. The van der Waals surface area contributed by atoms with Gasteiger partial charge in [-0.25, -0.2) is 18.4 Å². The van der Waals surface area contributed by atoms with Gasteiger partial charge in [-0.3, -0.25) is 9.80 Å². The highest BCUT2D eigenvalue weighted by atomic mass is 79.9. The lowest BCUT2D eigenvalue weighted by Crippen LogP contribution is -2.43. The van der Waals surface area contributed by atoms with Crippen molar-refractivity contribution < 1.29 is 27.8 Å². The van der Waals surface area contributed by atoms with E-state index in [0.29, 0.717) is 24.2 Å². The molecule has 6 nitrogen and oxygen atoms in total. The van der Waals surface area contributed by atoms with Crippen molar-refractivity contribution in [3.63, 3.8) is 0 Å². The molecule has 47 heavy (non-hydrogen) atoms. The molecule has 0 spiro atoms. The van der Waals surface area contributed by atoms with Crippen LogP contribution in [0.4, 0.5) is 18.4 Å². The summed E-state index contributed by atoms with van der Waals surface area (Å²) in [5.41, 5.74) is 1.80. The smallest absolute Gasteiger partial charge is 0.411 e. The van der Waals surface area contributed by atoms with Gasteiger partial charge in [-0.15, -0.1) is 22.7 Å². The highest BCUT2D eigenvalue weighted by Crippen LogP contribution is 2.43. The third-order valence-electron chi connectivity index (χ3n) is 7.62. The summed E-state index contributed by atoms with van der Waals surface area (Å²) in [6.45, 7) is 12.0. The second kappa shape index (κ2) is 14.1. The van der Waals surface area contributed by atoms with Crippen molar-refractivity contribution in [2.75, 3.05) is 13.1 Å². The lowest BCUT2D eigenvalue weighted by molar-refractivity contribution is 0.0167. The average molecular weight is 746 g/mol. The molecule has 0 aliphatic carbocycles. The maximum Gasteiger partial charge on any atom is 0.411 e. The molecule has 11 heteroatoms. The van der Waals surface area contributed by atoms with Crippen molar-refractivity contribution in [2.24, 2.45) is 0 Å². The van der Waals surface area contributed by atoms with Crippen molar-refractivity contribution in [1.82, 2.24) is 9.80 Å². The van der Waals surface area contributed by atoms with Gasteiger partial charge in [0, 0.05) is 34.0 Å². The van der Waals surface area contributed by atoms with E-state index in [1.165, 1.54) is 21.9 Å². The molecule has 2 aliphatic heterocycles. The Morgan fingerprint density at radius 1 is 0.723 bits per heavy atom. The summed E-state index contributed by atoms with van der Waals surface area (Å²) in [4.78, 5) is 31.0. The summed E-state index contributed by atoms with van der Waals surface area (Å²) in [6.07, 6.45) is 0.707. The molecule has 0 fully saturated rings. The molecule has 2 aliphatic rings. The summed E-state index contributed by atoms with van der Waals surface area (Å²) in [5.74, 6) is -0.615. The van der Waals surface area contributed by atoms with Crippen LogP contribution in [0.2, 0.25) is 0 Å². The second-order valence-corrected chi connectivity index (χ2v) is 16.9. The third-order valence-corrected chi connectivity index (χ3v) is 10.3. The Balaban J connectivity index is 0.000000185. The Labute approximate surface area is 291 Å². The van der Waals surface area contributed by atoms with E-state index in [0.717, 1.165) is 27.8 Å². The van der Waals surface area contributed by atoms with Crippen LogP contribution < -0.4 is 0 Å². The van der Waals surface area contributed by atoms with E-state index in [1.54, 1.807) is 68.9 Å². The first-order chi connectivity index (χ1) is 22.1. The number of amides is 2. The molecule has 0 N–H and O–H groups in total. The minimum absolute atomic E-state index is 0.301. The van der Waals surface area contributed by atoms with Gasteiger partial charge >= 0.3 is 12.2 Å². The fraction of sp³-hybridized carbons (Fsp3) is 0.389. The summed E-state index contributed by atoms with van der Waals surface area (Å²) in [5, 5.41) is 2.00. The predicted octanol–water partition coefficient (Wildman–Crippen LogP) is 10.3. The number of hydrogen-bond acceptors (Lipinski definition) is 6. The molecular formula is C36H39BrF2N2O4S2. The molecule has 2 aromatic carbocycles. The van der Waals surface area contributed by atoms with Gasteiger partial charge in [0.15, 0.2) is 0 Å². The van der Waals surface area contributed by atoms with Crippen LogP contribution in [0.15, 0.2) is 69.8 Å². The minimum Gasteiger partial charge on any atom is -0.444 e. The number of ether oxygens (including phenoxy) is 2. The molecule has 2 atom stereocenters. The number of benzene rings is 2. The van der Waals surface area contributed by atoms with Crippen LogP contribution in [0, 0.1) is 11.6 Å². The maximum atomic E-state index is 14.5. The summed E-state index contributed by atoms with van der Waals surface area (Å²) in [7, 11) is 0. The van der Waals surface area contributed by atoms with Crippen LogP contribution in [0.5, 0.6) is 0 Å². The van der Waals surface area contributed by atoms with E-state index in [-0.39, 0.29) is 11.6 Å². The van der Waals surface area contributed by atoms with Crippen molar-refractivity contribution in [2.45, 2.75) is 77.7 Å². The number of hydrogen-bond donors (Lipinski definition) is 0. The van der Waals surface area contributed by atoms with Gasteiger partial charge in [0.05, 0.1) is 15.9 Å². The number of nitrogens with zero attached hydrogens (tertiary/aromatic N) is 2. The first-order valence-corrected chi connectivity index (χ1v) is 17.9.